The fraction of sp³-hybridized carbons (Fsp3) is 0.278. The van der Waals surface area contributed by atoms with Crippen LogP contribution in [0.15, 0.2) is 56.7 Å². The second-order valence-corrected chi connectivity index (χ2v) is 10.3. The molecule has 2 aromatic rings. The summed E-state index contributed by atoms with van der Waals surface area (Å²) in [5.74, 6) is -1.46. The van der Waals surface area contributed by atoms with Crippen LogP contribution in [0.5, 0.6) is 0 Å². The normalized spacial score (nSPS) is 19.6. The monoisotopic (exact) mass is 456 g/mol. The van der Waals surface area contributed by atoms with Crippen molar-refractivity contribution in [2.75, 3.05) is 38.0 Å². The number of fused-ring (bicyclic) bond motifs is 1. The molecule has 4 rings (SSSR count). The highest BCUT2D eigenvalue weighted by molar-refractivity contribution is 7.90. The molecular formula is C18H18F2N4O4S2. The smallest absolute Gasteiger partial charge is 0.286 e. The lowest BCUT2D eigenvalue weighted by Gasteiger charge is -2.34. The molecule has 2 aliphatic heterocycles. The molecule has 0 spiro atoms. The van der Waals surface area contributed by atoms with Crippen molar-refractivity contribution in [3.63, 3.8) is 0 Å². The fourth-order valence-corrected chi connectivity index (χ4v) is 6.04. The van der Waals surface area contributed by atoms with Crippen molar-refractivity contribution in [2.45, 2.75) is 9.79 Å². The molecule has 2 aromatic carbocycles. The number of nitrogens with one attached hydrogen (secondary N) is 1. The highest BCUT2D eigenvalue weighted by Gasteiger charge is 2.32. The van der Waals surface area contributed by atoms with Crippen molar-refractivity contribution in [1.82, 2.24) is 9.21 Å². The summed E-state index contributed by atoms with van der Waals surface area (Å²) in [6.07, 6.45) is 0. The highest BCUT2D eigenvalue weighted by Crippen LogP contribution is 2.29. The molecule has 12 heteroatoms. The van der Waals surface area contributed by atoms with Gasteiger partial charge in [-0.3, -0.25) is 4.90 Å². The Balaban J connectivity index is 1.45. The molecule has 2 heterocycles. The number of amidine groups is 1. The average Bonchev–Trinajstić information content (AvgIpc) is 2.69. The first kappa shape index (κ1) is 20.8. The Morgan fingerprint density at radius 3 is 2.33 bits per heavy atom. The zero-order valence-corrected chi connectivity index (χ0v) is 17.3. The summed E-state index contributed by atoms with van der Waals surface area (Å²) >= 11 is 0. The number of piperazine rings is 1. The zero-order valence-electron chi connectivity index (χ0n) is 15.6. The van der Waals surface area contributed by atoms with E-state index in [9.17, 15) is 25.6 Å². The fourth-order valence-electron chi connectivity index (χ4n) is 3.40. The summed E-state index contributed by atoms with van der Waals surface area (Å²) in [4.78, 5) is 1.18. The van der Waals surface area contributed by atoms with Crippen LogP contribution in [0.4, 0.5) is 14.5 Å². The van der Waals surface area contributed by atoms with Crippen molar-refractivity contribution in [1.29, 1.82) is 0 Å². The molecular weight excluding hydrogens is 438 g/mol. The maximum absolute atomic E-state index is 14.0. The van der Waals surface area contributed by atoms with E-state index in [4.69, 9.17) is 0 Å². The summed E-state index contributed by atoms with van der Waals surface area (Å²) < 4.78 is 82.8. The van der Waals surface area contributed by atoms with Crippen LogP contribution >= 0.6 is 0 Å². The van der Waals surface area contributed by atoms with Crippen LogP contribution in [0.1, 0.15) is 0 Å². The van der Waals surface area contributed by atoms with Crippen LogP contribution in [0.3, 0.4) is 0 Å². The predicted molar refractivity (Wildman–Crippen MR) is 106 cm³/mol. The first-order chi connectivity index (χ1) is 14.2. The molecule has 1 N–H and O–H groups in total. The predicted octanol–water partition coefficient (Wildman–Crippen LogP) is 1.48. The molecule has 0 atom stereocenters. The van der Waals surface area contributed by atoms with Gasteiger partial charge in [-0.05, 0) is 24.3 Å². The number of rotatable bonds is 4. The van der Waals surface area contributed by atoms with Gasteiger partial charge in [-0.2, -0.15) is 12.7 Å². The second kappa shape index (κ2) is 7.69. The van der Waals surface area contributed by atoms with Gasteiger partial charge in [0.2, 0.25) is 10.0 Å². The molecule has 0 amide bonds. The molecule has 160 valence electrons. The van der Waals surface area contributed by atoms with E-state index in [2.05, 4.69) is 9.71 Å². The summed E-state index contributed by atoms with van der Waals surface area (Å²) in [6.45, 7) is 0.820. The van der Waals surface area contributed by atoms with Crippen LogP contribution in [-0.2, 0) is 20.0 Å². The van der Waals surface area contributed by atoms with Crippen LogP contribution in [0.2, 0.25) is 0 Å². The number of hydrogen-bond donors (Lipinski definition) is 1. The quantitative estimate of drug-likeness (QED) is 0.749. The van der Waals surface area contributed by atoms with E-state index in [0.29, 0.717) is 0 Å². The standard InChI is InChI=1S/C18H18F2N4O4S2/c19-13-4-1-2-6-15(13)30(27,28)24-10-8-23(9-11-24)12-17-21-18-14(20)5-3-7-16(18)29(25,26)22-17/h1-7H,8-12H2,(H,21,22). The van der Waals surface area contributed by atoms with Gasteiger partial charge in [-0.1, -0.05) is 18.2 Å². The molecule has 2 aliphatic rings. The Labute approximate surface area is 172 Å². The Morgan fingerprint density at radius 2 is 1.63 bits per heavy atom. The minimum atomic E-state index is -4.03. The lowest BCUT2D eigenvalue weighted by molar-refractivity contribution is 0.209. The third-order valence-corrected chi connectivity index (χ3v) is 8.20. The number of para-hydroxylation sites is 1. The number of nitrogens with zero attached hydrogens (tertiary/aromatic N) is 3. The van der Waals surface area contributed by atoms with Crippen molar-refractivity contribution in [2.24, 2.45) is 4.40 Å². The minimum Gasteiger partial charge on any atom is -0.338 e. The van der Waals surface area contributed by atoms with E-state index in [-0.39, 0.29) is 54.0 Å². The largest absolute Gasteiger partial charge is 0.338 e. The molecule has 0 aliphatic carbocycles. The number of benzene rings is 2. The molecule has 8 nitrogen and oxygen atoms in total. The Hall–Kier alpha value is -2.41. The third kappa shape index (κ3) is 3.83. The molecule has 1 saturated heterocycles. The van der Waals surface area contributed by atoms with Gasteiger partial charge in [0.15, 0.2) is 0 Å². The SMILES string of the molecule is O=S1(=O)N=C(CN2CCN(S(=O)(=O)c3ccccc3F)CC2)Nc2c(F)cccc21. The summed E-state index contributed by atoms with van der Waals surface area (Å²) in [5.41, 5.74) is -0.150. The van der Waals surface area contributed by atoms with Gasteiger partial charge < -0.3 is 5.32 Å². The van der Waals surface area contributed by atoms with E-state index in [1.54, 1.807) is 4.90 Å². The van der Waals surface area contributed by atoms with Crippen molar-refractivity contribution >= 4 is 31.6 Å². The third-order valence-electron chi connectivity index (χ3n) is 4.91. The topological polar surface area (TPSA) is 99.2 Å². The highest BCUT2D eigenvalue weighted by atomic mass is 32.2. The van der Waals surface area contributed by atoms with Crippen LogP contribution < -0.4 is 5.32 Å². The number of halogens is 2. The van der Waals surface area contributed by atoms with E-state index in [1.165, 1.54) is 34.6 Å². The molecule has 0 aromatic heterocycles. The van der Waals surface area contributed by atoms with Gasteiger partial charge in [0, 0.05) is 26.2 Å². The van der Waals surface area contributed by atoms with Crippen LogP contribution in [-0.4, -0.2) is 64.6 Å². The average molecular weight is 456 g/mol. The molecule has 0 saturated carbocycles. The lowest BCUT2D eigenvalue weighted by atomic mass is 10.3. The minimum absolute atomic E-state index is 0.0537. The van der Waals surface area contributed by atoms with Crippen molar-refractivity contribution < 1.29 is 25.6 Å². The van der Waals surface area contributed by atoms with Gasteiger partial charge in [0.05, 0.1) is 12.2 Å². The van der Waals surface area contributed by atoms with Gasteiger partial charge >= 0.3 is 0 Å². The molecule has 0 bridgehead atoms. The van der Waals surface area contributed by atoms with Gasteiger partial charge in [0.25, 0.3) is 10.0 Å². The number of hydrogen-bond acceptors (Lipinski definition) is 6. The second-order valence-electron chi connectivity index (χ2n) is 6.86. The Bertz CT molecular complexity index is 1220. The van der Waals surface area contributed by atoms with Gasteiger partial charge in [-0.25, -0.2) is 17.2 Å². The Kier molecular flexibility index (Phi) is 5.34. The molecule has 0 unspecified atom stereocenters. The summed E-state index contributed by atoms with van der Waals surface area (Å²) in [5, 5.41) is 2.72. The van der Waals surface area contributed by atoms with Crippen molar-refractivity contribution in [3.05, 3.63) is 54.1 Å². The van der Waals surface area contributed by atoms with Gasteiger partial charge in [-0.15, -0.1) is 4.40 Å². The van der Waals surface area contributed by atoms with E-state index in [0.717, 1.165) is 12.1 Å². The van der Waals surface area contributed by atoms with Crippen LogP contribution in [0, 0.1) is 11.6 Å². The summed E-state index contributed by atoms with van der Waals surface area (Å²) in [6, 6.07) is 8.89. The van der Waals surface area contributed by atoms with E-state index < -0.39 is 31.7 Å². The zero-order chi connectivity index (χ0) is 21.5. The first-order valence-electron chi connectivity index (χ1n) is 9.05. The lowest BCUT2D eigenvalue weighted by Crippen LogP contribution is -2.50. The number of sulfonamides is 2. The van der Waals surface area contributed by atoms with E-state index >= 15 is 0 Å². The molecule has 0 radical (unpaired) electrons. The Morgan fingerprint density at radius 1 is 0.967 bits per heavy atom. The summed E-state index contributed by atoms with van der Waals surface area (Å²) in [7, 11) is -8.00. The first-order valence-corrected chi connectivity index (χ1v) is 11.9. The van der Waals surface area contributed by atoms with Crippen LogP contribution in [0.25, 0.3) is 0 Å². The van der Waals surface area contributed by atoms with Gasteiger partial charge in [0.1, 0.15) is 27.3 Å². The van der Waals surface area contributed by atoms with Crippen molar-refractivity contribution in [3.8, 4) is 0 Å². The molecule has 30 heavy (non-hydrogen) atoms. The van der Waals surface area contributed by atoms with E-state index in [1.807, 2.05) is 0 Å². The molecule has 1 fully saturated rings. The maximum atomic E-state index is 14.0. The maximum Gasteiger partial charge on any atom is 0.286 e. The number of anilines is 1.